The molecule has 74 valence electrons. The van der Waals surface area contributed by atoms with E-state index < -0.39 is 0 Å². The maximum absolute atomic E-state index is 11.4. The second-order valence-electron chi connectivity index (χ2n) is 3.35. The summed E-state index contributed by atoms with van der Waals surface area (Å²) in [5.74, 6) is 1.20. The molecule has 14 heavy (non-hydrogen) atoms. The molecule has 0 spiro atoms. The lowest BCUT2D eigenvalue weighted by atomic mass is 10.1. The first-order valence-corrected chi connectivity index (χ1v) is 5.77. The van der Waals surface area contributed by atoms with E-state index in [9.17, 15) is 4.79 Å². The molecular formula is C11H13NOS. The van der Waals surface area contributed by atoms with Gasteiger partial charge in [-0.15, -0.1) is 11.8 Å². The molecule has 0 aliphatic carbocycles. The molecule has 1 aliphatic heterocycles. The van der Waals surface area contributed by atoms with E-state index >= 15 is 0 Å². The molecule has 1 aliphatic rings. The highest BCUT2D eigenvalue weighted by Gasteiger charge is 2.12. The molecule has 3 heteroatoms. The van der Waals surface area contributed by atoms with Gasteiger partial charge in [0, 0.05) is 17.5 Å². The van der Waals surface area contributed by atoms with Crippen LogP contribution in [0.25, 0.3) is 0 Å². The summed E-state index contributed by atoms with van der Waals surface area (Å²) in [7, 11) is 1.66. The van der Waals surface area contributed by atoms with E-state index in [0.717, 1.165) is 12.0 Å². The minimum absolute atomic E-state index is 0.00312. The van der Waals surface area contributed by atoms with Crippen LogP contribution in [0.1, 0.15) is 22.3 Å². The molecule has 0 saturated carbocycles. The standard InChI is InChI=1S/C11H13NOS/c1-12-11(13)9-4-5-10-8(7-9)3-2-6-14-10/h4-5,7H,2-3,6H2,1H3,(H,12,13). The Balaban J connectivity index is 2.33. The molecule has 0 radical (unpaired) electrons. The van der Waals surface area contributed by atoms with Crippen LogP contribution in [0.4, 0.5) is 0 Å². The summed E-state index contributed by atoms with van der Waals surface area (Å²) in [4.78, 5) is 12.7. The molecule has 2 rings (SSSR count). The summed E-state index contributed by atoms with van der Waals surface area (Å²) in [6, 6.07) is 5.97. The van der Waals surface area contributed by atoms with Gasteiger partial charge in [-0.3, -0.25) is 4.79 Å². The fraction of sp³-hybridized carbons (Fsp3) is 0.364. The minimum Gasteiger partial charge on any atom is -0.355 e. The van der Waals surface area contributed by atoms with Crippen molar-refractivity contribution < 1.29 is 4.79 Å². The van der Waals surface area contributed by atoms with E-state index in [0.29, 0.717) is 0 Å². The van der Waals surface area contributed by atoms with Crippen LogP contribution in [0.5, 0.6) is 0 Å². The van der Waals surface area contributed by atoms with Gasteiger partial charge < -0.3 is 5.32 Å². The quantitative estimate of drug-likeness (QED) is 0.764. The number of hydrogen-bond acceptors (Lipinski definition) is 2. The van der Waals surface area contributed by atoms with Crippen LogP contribution in [0.15, 0.2) is 23.1 Å². The third-order valence-corrected chi connectivity index (χ3v) is 3.60. The van der Waals surface area contributed by atoms with E-state index in [1.54, 1.807) is 7.05 Å². The molecular weight excluding hydrogens is 194 g/mol. The van der Waals surface area contributed by atoms with Gasteiger partial charge in [-0.05, 0) is 42.4 Å². The van der Waals surface area contributed by atoms with Gasteiger partial charge in [0.2, 0.25) is 0 Å². The maximum Gasteiger partial charge on any atom is 0.251 e. The Bertz CT molecular complexity index is 362. The Kier molecular flexibility index (Phi) is 2.77. The molecule has 0 saturated heterocycles. The zero-order chi connectivity index (χ0) is 9.97. The summed E-state index contributed by atoms with van der Waals surface area (Å²) in [6.45, 7) is 0. The highest BCUT2D eigenvalue weighted by Crippen LogP contribution is 2.30. The number of nitrogens with one attached hydrogen (secondary N) is 1. The smallest absolute Gasteiger partial charge is 0.251 e. The van der Waals surface area contributed by atoms with Gasteiger partial charge in [-0.2, -0.15) is 0 Å². The van der Waals surface area contributed by atoms with Gasteiger partial charge in [0.15, 0.2) is 0 Å². The molecule has 1 aromatic carbocycles. The van der Waals surface area contributed by atoms with Crippen molar-refractivity contribution in [3.63, 3.8) is 0 Å². The second kappa shape index (κ2) is 4.05. The van der Waals surface area contributed by atoms with Gasteiger partial charge in [0.05, 0.1) is 0 Å². The lowest BCUT2D eigenvalue weighted by Gasteiger charge is -2.15. The Labute approximate surface area is 88.1 Å². The highest BCUT2D eigenvalue weighted by atomic mass is 32.2. The molecule has 0 bridgehead atoms. The number of hydrogen-bond donors (Lipinski definition) is 1. The van der Waals surface area contributed by atoms with Crippen LogP contribution in [-0.4, -0.2) is 18.7 Å². The van der Waals surface area contributed by atoms with Crippen molar-refractivity contribution in [2.75, 3.05) is 12.8 Å². The Morgan fingerprint density at radius 2 is 2.36 bits per heavy atom. The number of carbonyl (C=O) groups is 1. The largest absolute Gasteiger partial charge is 0.355 e. The second-order valence-corrected chi connectivity index (χ2v) is 4.49. The van der Waals surface area contributed by atoms with E-state index in [-0.39, 0.29) is 5.91 Å². The van der Waals surface area contributed by atoms with Crippen molar-refractivity contribution in [1.29, 1.82) is 0 Å². The minimum atomic E-state index is 0.00312. The summed E-state index contributed by atoms with van der Waals surface area (Å²) in [5.41, 5.74) is 2.09. The van der Waals surface area contributed by atoms with Crippen LogP contribution < -0.4 is 5.32 Å². The zero-order valence-corrected chi connectivity index (χ0v) is 8.99. The van der Waals surface area contributed by atoms with Crippen LogP contribution in [0, 0.1) is 0 Å². The molecule has 0 fully saturated rings. The first-order chi connectivity index (χ1) is 6.81. The van der Waals surface area contributed by atoms with Crippen LogP contribution >= 0.6 is 11.8 Å². The van der Waals surface area contributed by atoms with Crippen LogP contribution in [0.2, 0.25) is 0 Å². The summed E-state index contributed by atoms with van der Waals surface area (Å²) >= 11 is 1.89. The predicted octanol–water partition coefficient (Wildman–Crippen LogP) is 2.08. The first-order valence-electron chi connectivity index (χ1n) is 4.79. The summed E-state index contributed by atoms with van der Waals surface area (Å²) in [6.07, 6.45) is 2.32. The fourth-order valence-electron chi connectivity index (χ4n) is 1.65. The maximum atomic E-state index is 11.4. The molecule has 0 aromatic heterocycles. The number of carbonyl (C=O) groups excluding carboxylic acids is 1. The van der Waals surface area contributed by atoms with Gasteiger partial charge in [-0.1, -0.05) is 0 Å². The topological polar surface area (TPSA) is 29.1 Å². The van der Waals surface area contributed by atoms with Crippen molar-refractivity contribution >= 4 is 17.7 Å². The van der Waals surface area contributed by atoms with Crippen LogP contribution in [0.3, 0.4) is 0 Å². The molecule has 1 amide bonds. The normalized spacial score (nSPS) is 14.6. The lowest BCUT2D eigenvalue weighted by molar-refractivity contribution is 0.0963. The van der Waals surface area contributed by atoms with Gasteiger partial charge in [-0.25, -0.2) is 0 Å². The Morgan fingerprint density at radius 1 is 1.50 bits per heavy atom. The monoisotopic (exact) mass is 207 g/mol. The van der Waals surface area contributed by atoms with Gasteiger partial charge in [0.25, 0.3) is 5.91 Å². The third kappa shape index (κ3) is 1.77. The van der Waals surface area contributed by atoms with E-state index in [1.807, 2.05) is 23.9 Å². The van der Waals surface area contributed by atoms with Crippen molar-refractivity contribution in [2.45, 2.75) is 17.7 Å². The first kappa shape index (κ1) is 9.59. The number of fused-ring (bicyclic) bond motifs is 1. The van der Waals surface area contributed by atoms with E-state index in [4.69, 9.17) is 0 Å². The number of aryl methyl sites for hydroxylation is 1. The molecule has 1 N–H and O–H groups in total. The average molecular weight is 207 g/mol. The van der Waals surface area contributed by atoms with Crippen LogP contribution in [-0.2, 0) is 6.42 Å². The molecule has 2 nitrogen and oxygen atoms in total. The highest BCUT2D eigenvalue weighted by molar-refractivity contribution is 7.99. The van der Waals surface area contributed by atoms with Crippen molar-refractivity contribution in [3.8, 4) is 0 Å². The molecule has 0 atom stereocenters. The summed E-state index contributed by atoms with van der Waals surface area (Å²) < 4.78 is 0. The lowest BCUT2D eigenvalue weighted by Crippen LogP contribution is -2.18. The molecule has 1 heterocycles. The SMILES string of the molecule is CNC(=O)c1ccc2c(c1)CCCS2. The van der Waals surface area contributed by atoms with E-state index in [2.05, 4.69) is 11.4 Å². The average Bonchev–Trinajstić information content (AvgIpc) is 2.27. The van der Waals surface area contributed by atoms with Gasteiger partial charge in [0.1, 0.15) is 0 Å². The number of thioether (sulfide) groups is 1. The molecule has 1 aromatic rings. The number of benzene rings is 1. The van der Waals surface area contributed by atoms with Crippen molar-refractivity contribution in [2.24, 2.45) is 0 Å². The van der Waals surface area contributed by atoms with Gasteiger partial charge >= 0.3 is 0 Å². The Morgan fingerprint density at radius 3 is 3.14 bits per heavy atom. The third-order valence-electron chi connectivity index (χ3n) is 2.40. The Hall–Kier alpha value is -0.960. The summed E-state index contributed by atoms with van der Waals surface area (Å²) in [5, 5.41) is 2.64. The van der Waals surface area contributed by atoms with Crippen molar-refractivity contribution in [3.05, 3.63) is 29.3 Å². The molecule has 0 unspecified atom stereocenters. The number of amides is 1. The fourth-order valence-corrected chi connectivity index (χ4v) is 2.67. The zero-order valence-electron chi connectivity index (χ0n) is 8.17. The number of rotatable bonds is 1. The van der Waals surface area contributed by atoms with Crippen molar-refractivity contribution in [1.82, 2.24) is 5.32 Å². The predicted molar refractivity (Wildman–Crippen MR) is 58.9 cm³/mol. The van der Waals surface area contributed by atoms with E-state index in [1.165, 1.54) is 22.6 Å².